The van der Waals surface area contributed by atoms with Crippen molar-refractivity contribution >= 4 is 56.4 Å². The fourth-order valence-electron chi connectivity index (χ4n) is 3.12. The zero-order chi connectivity index (χ0) is 20.3. The van der Waals surface area contributed by atoms with Gasteiger partial charge in [-0.25, -0.2) is 12.7 Å². The van der Waals surface area contributed by atoms with Gasteiger partial charge in [-0.05, 0) is 42.7 Å². The molecule has 28 heavy (non-hydrogen) atoms. The fourth-order valence-corrected chi connectivity index (χ4v) is 5.30. The van der Waals surface area contributed by atoms with Gasteiger partial charge in [-0.2, -0.15) is 0 Å². The van der Waals surface area contributed by atoms with E-state index in [1.165, 1.54) is 4.31 Å². The van der Waals surface area contributed by atoms with Crippen molar-refractivity contribution in [2.75, 3.05) is 18.4 Å². The molecule has 0 atom stereocenters. The highest BCUT2D eigenvalue weighted by Gasteiger charge is 2.31. The number of carbonyl (C=O) groups is 1. The van der Waals surface area contributed by atoms with E-state index in [1.54, 1.807) is 42.5 Å². The second kappa shape index (κ2) is 9.01. The molecule has 1 N–H and O–H groups in total. The van der Waals surface area contributed by atoms with Gasteiger partial charge in [0.25, 0.3) is 0 Å². The number of anilines is 1. The topological polar surface area (TPSA) is 66.5 Å². The predicted octanol–water partition coefficient (Wildman–Crippen LogP) is 4.83. The molecule has 0 saturated carbocycles. The average molecular weight is 462 g/mol. The van der Waals surface area contributed by atoms with Gasteiger partial charge < -0.3 is 5.32 Å². The zero-order valence-corrected chi connectivity index (χ0v) is 18.0. The lowest BCUT2D eigenvalue weighted by atomic mass is 9.97. The van der Waals surface area contributed by atoms with Crippen molar-refractivity contribution in [1.29, 1.82) is 0 Å². The third-order valence-corrected chi connectivity index (χ3v) is 7.42. The minimum absolute atomic E-state index is 0.0870. The molecule has 1 saturated heterocycles. The molecule has 1 aliphatic rings. The molecular formula is C19H19Cl3N2O3S. The molecule has 0 bridgehead atoms. The number of nitrogens with one attached hydrogen (secondary N) is 1. The van der Waals surface area contributed by atoms with Gasteiger partial charge in [0.1, 0.15) is 0 Å². The molecule has 1 heterocycles. The molecule has 0 unspecified atom stereocenters. The van der Waals surface area contributed by atoms with Gasteiger partial charge in [0.2, 0.25) is 15.9 Å². The molecule has 3 rings (SSSR count). The summed E-state index contributed by atoms with van der Waals surface area (Å²) in [5.74, 6) is -0.588. The maximum absolute atomic E-state index is 12.7. The number of carbonyl (C=O) groups excluding carboxylic acids is 1. The van der Waals surface area contributed by atoms with Crippen molar-refractivity contribution in [3.63, 3.8) is 0 Å². The first-order valence-corrected chi connectivity index (χ1v) is 11.5. The molecule has 0 aromatic heterocycles. The van der Waals surface area contributed by atoms with E-state index in [2.05, 4.69) is 5.32 Å². The normalized spacial score (nSPS) is 16.1. The lowest BCUT2D eigenvalue weighted by Gasteiger charge is -2.30. The van der Waals surface area contributed by atoms with E-state index in [-0.39, 0.29) is 17.6 Å². The third kappa shape index (κ3) is 5.19. The summed E-state index contributed by atoms with van der Waals surface area (Å²) in [6.07, 6.45) is 0.876. The third-order valence-electron chi connectivity index (χ3n) is 4.69. The Morgan fingerprint density at radius 2 is 1.57 bits per heavy atom. The van der Waals surface area contributed by atoms with E-state index in [0.29, 0.717) is 52.2 Å². The number of para-hydroxylation sites is 1. The summed E-state index contributed by atoms with van der Waals surface area (Å²) in [4.78, 5) is 12.5. The summed E-state index contributed by atoms with van der Waals surface area (Å²) < 4.78 is 26.7. The molecule has 5 nitrogen and oxygen atoms in total. The Balaban J connectivity index is 1.59. The van der Waals surface area contributed by atoms with Crippen LogP contribution in [0.15, 0.2) is 42.5 Å². The van der Waals surface area contributed by atoms with E-state index >= 15 is 0 Å². The Morgan fingerprint density at radius 3 is 2.14 bits per heavy atom. The van der Waals surface area contributed by atoms with Gasteiger partial charge >= 0.3 is 0 Å². The van der Waals surface area contributed by atoms with Crippen LogP contribution in [-0.4, -0.2) is 31.7 Å². The summed E-state index contributed by atoms with van der Waals surface area (Å²) in [5.41, 5.74) is 1.06. The quantitative estimate of drug-likeness (QED) is 0.693. The first kappa shape index (κ1) is 21.4. The lowest BCUT2D eigenvalue weighted by molar-refractivity contribution is -0.120. The smallest absolute Gasteiger partial charge is 0.227 e. The number of benzene rings is 2. The second-order valence-corrected chi connectivity index (χ2v) is 9.86. The highest BCUT2D eigenvalue weighted by molar-refractivity contribution is 7.88. The highest BCUT2D eigenvalue weighted by atomic mass is 35.5. The van der Waals surface area contributed by atoms with Gasteiger partial charge in [0, 0.05) is 24.0 Å². The maximum atomic E-state index is 12.7. The van der Waals surface area contributed by atoms with Crippen LogP contribution in [0.5, 0.6) is 0 Å². The Morgan fingerprint density at radius 1 is 1.00 bits per heavy atom. The van der Waals surface area contributed by atoms with Crippen LogP contribution < -0.4 is 5.32 Å². The largest absolute Gasteiger partial charge is 0.323 e. The van der Waals surface area contributed by atoms with Crippen LogP contribution in [0.25, 0.3) is 0 Å². The number of sulfonamides is 1. The Hall–Kier alpha value is -1.31. The van der Waals surface area contributed by atoms with E-state index in [0.717, 1.165) is 0 Å². The molecule has 9 heteroatoms. The molecule has 2 aromatic rings. The first-order valence-electron chi connectivity index (χ1n) is 8.73. The average Bonchev–Trinajstić information content (AvgIpc) is 2.66. The van der Waals surface area contributed by atoms with Gasteiger partial charge in [0.05, 0.1) is 21.5 Å². The van der Waals surface area contributed by atoms with Gasteiger partial charge in [-0.1, -0.05) is 53.0 Å². The van der Waals surface area contributed by atoms with Crippen molar-refractivity contribution in [3.05, 3.63) is 63.1 Å². The maximum Gasteiger partial charge on any atom is 0.227 e. The molecule has 150 valence electrons. The van der Waals surface area contributed by atoms with Crippen molar-refractivity contribution in [2.24, 2.45) is 5.92 Å². The SMILES string of the molecule is O=C(Nc1c(Cl)cccc1Cl)C1CCN(S(=O)(=O)Cc2ccc(Cl)cc2)CC1. The van der Waals surface area contributed by atoms with Gasteiger partial charge in [0.15, 0.2) is 0 Å². The Labute approximate surface area is 179 Å². The van der Waals surface area contributed by atoms with E-state index in [9.17, 15) is 13.2 Å². The van der Waals surface area contributed by atoms with Gasteiger partial charge in [-0.3, -0.25) is 4.79 Å². The zero-order valence-electron chi connectivity index (χ0n) is 14.9. The fraction of sp³-hybridized carbons (Fsp3) is 0.316. The van der Waals surface area contributed by atoms with Crippen LogP contribution in [0.1, 0.15) is 18.4 Å². The predicted molar refractivity (Wildman–Crippen MR) is 113 cm³/mol. The molecule has 2 aromatic carbocycles. The lowest BCUT2D eigenvalue weighted by Crippen LogP contribution is -2.41. The molecule has 1 amide bonds. The number of piperidine rings is 1. The number of amides is 1. The second-order valence-electron chi connectivity index (χ2n) is 6.64. The summed E-state index contributed by atoms with van der Waals surface area (Å²) >= 11 is 18.0. The Bertz CT molecular complexity index is 937. The van der Waals surface area contributed by atoms with Crippen molar-refractivity contribution in [2.45, 2.75) is 18.6 Å². The summed E-state index contributed by atoms with van der Waals surface area (Å²) in [7, 11) is -3.45. The summed E-state index contributed by atoms with van der Waals surface area (Å²) in [6, 6.07) is 11.7. The number of halogens is 3. The number of hydrogen-bond acceptors (Lipinski definition) is 3. The molecular weight excluding hydrogens is 443 g/mol. The number of rotatable bonds is 5. The number of nitrogens with zero attached hydrogens (tertiary/aromatic N) is 1. The highest BCUT2D eigenvalue weighted by Crippen LogP contribution is 2.31. The van der Waals surface area contributed by atoms with Crippen molar-refractivity contribution < 1.29 is 13.2 Å². The standard InChI is InChI=1S/C19H19Cl3N2O3S/c20-15-6-4-13(5-7-15)12-28(26,27)24-10-8-14(9-11-24)19(25)23-18-16(21)2-1-3-17(18)22/h1-7,14H,8-12H2,(H,23,25). The molecule has 0 spiro atoms. The summed E-state index contributed by atoms with van der Waals surface area (Å²) in [5, 5.41) is 4.05. The molecule has 1 aliphatic heterocycles. The van der Waals surface area contributed by atoms with E-state index < -0.39 is 10.0 Å². The number of hydrogen-bond donors (Lipinski definition) is 1. The first-order chi connectivity index (χ1) is 13.3. The van der Waals surface area contributed by atoms with Crippen LogP contribution in [0.4, 0.5) is 5.69 Å². The minimum Gasteiger partial charge on any atom is -0.323 e. The van der Waals surface area contributed by atoms with Crippen LogP contribution in [0.2, 0.25) is 15.1 Å². The van der Waals surface area contributed by atoms with Crippen LogP contribution >= 0.6 is 34.8 Å². The van der Waals surface area contributed by atoms with Crippen LogP contribution in [0, 0.1) is 5.92 Å². The van der Waals surface area contributed by atoms with Crippen molar-refractivity contribution in [3.8, 4) is 0 Å². The van der Waals surface area contributed by atoms with Crippen molar-refractivity contribution in [1.82, 2.24) is 4.31 Å². The molecule has 0 radical (unpaired) electrons. The minimum atomic E-state index is -3.45. The molecule has 0 aliphatic carbocycles. The van der Waals surface area contributed by atoms with Crippen LogP contribution in [-0.2, 0) is 20.6 Å². The Kier molecular flexibility index (Phi) is 6.89. The summed E-state index contributed by atoms with van der Waals surface area (Å²) in [6.45, 7) is 0.592. The van der Waals surface area contributed by atoms with E-state index in [1.807, 2.05) is 0 Å². The monoisotopic (exact) mass is 460 g/mol. The van der Waals surface area contributed by atoms with Crippen LogP contribution in [0.3, 0.4) is 0 Å². The molecule has 1 fully saturated rings. The van der Waals surface area contributed by atoms with E-state index in [4.69, 9.17) is 34.8 Å². The van der Waals surface area contributed by atoms with Gasteiger partial charge in [-0.15, -0.1) is 0 Å².